The van der Waals surface area contributed by atoms with Crippen LogP contribution < -0.4 is 15.4 Å². The average Bonchev–Trinajstić information content (AvgIpc) is 2.87. The van der Waals surface area contributed by atoms with E-state index in [0.717, 1.165) is 28.8 Å². The Hall–Kier alpha value is -3.11. The summed E-state index contributed by atoms with van der Waals surface area (Å²) in [6, 6.07) is 7.71. The number of hydrogen-bond donors (Lipinski definition) is 2. The number of nitrogens with one attached hydrogen (secondary N) is 2. The molecule has 0 aromatic heterocycles. The molecule has 2 saturated heterocycles. The van der Waals surface area contributed by atoms with E-state index in [2.05, 4.69) is 15.5 Å². The number of aryl methyl sites for hydroxylation is 2. The Bertz CT molecular complexity index is 1170. The molecule has 2 amide bonds. The van der Waals surface area contributed by atoms with E-state index >= 15 is 0 Å². The third-order valence-corrected chi connectivity index (χ3v) is 7.94. The van der Waals surface area contributed by atoms with Crippen molar-refractivity contribution in [2.24, 2.45) is 5.92 Å². The molecule has 10 heteroatoms. The number of alkyl halides is 3. The predicted molar refractivity (Wildman–Crippen MR) is 136 cm³/mol. The lowest BCUT2D eigenvalue weighted by Gasteiger charge is -2.46. The van der Waals surface area contributed by atoms with Crippen LogP contribution in [-0.2, 0) is 9.59 Å². The Labute approximate surface area is 220 Å². The van der Waals surface area contributed by atoms with E-state index in [1.165, 1.54) is 0 Å². The van der Waals surface area contributed by atoms with Crippen LogP contribution in [0.1, 0.15) is 41.6 Å². The maximum atomic E-state index is 14.0. The maximum absolute atomic E-state index is 14.0. The summed E-state index contributed by atoms with van der Waals surface area (Å²) in [6.07, 6.45) is -4.81. The van der Waals surface area contributed by atoms with Crippen LogP contribution >= 0.6 is 0 Å². The smallest absolute Gasteiger partial charge is 0.410 e. The number of piperazine rings is 1. The molecule has 38 heavy (non-hydrogen) atoms. The zero-order valence-corrected chi connectivity index (χ0v) is 21.8. The van der Waals surface area contributed by atoms with Gasteiger partial charge in [-0.25, -0.2) is 0 Å². The maximum Gasteiger partial charge on any atom is 0.410 e. The van der Waals surface area contributed by atoms with Crippen molar-refractivity contribution in [1.82, 2.24) is 20.4 Å². The third kappa shape index (κ3) is 5.11. The first-order chi connectivity index (χ1) is 18.0. The number of amides is 2. The fraction of sp³-hybridized carbons (Fsp3) is 0.500. The van der Waals surface area contributed by atoms with Gasteiger partial charge in [-0.05, 0) is 50.1 Å². The van der Waals surface area contributed by atoms with E-state index in [1.807, 2.05) is 57.2 Å². The van der Waals surface area contributed by atoms with Crippen LogP contribution in [-0.4, -0.2) is 72.6 Å². The van der Waals surface area contributed by atoms with Crippen molar-refractivity contribution in [2.45, 2.75) is 51.5 Å². The number of carbonyl (C=O) groups is 2. The monoisotopic (exact) mass is 530 g/mol. The molecule has 2 aromatic carbocycles. The molecule has 204 valence electrons. The molecule has 2 fully saturated rings. The predicted octanol–water partition coefficient (Wildman–Crippen LogP) is 3.69. The van der Waals surface area contributed by atoms with Crippen molar-refractivity contribution < 1.29 is 27.5 Å². The fourth-order valence-electron chi connectivity index (χ4n) is 5.75. The highest BCUT2D eigenvalue weighted by atomic mass is 19.4. The first-order valence-electron chi connectivity index (χ1n) is 13.1. The lowest BCUT2D eigenvalue weighted by Crippen LogP contribution is -2.67. The topological polar surface area (TPSA) is 73.9 Å². The van der Waals surface area contributed by atoms with E-state index in [4.69, 9.17) is 4.74 Å². The van der Waals surface area contributed by atoms with Crippen LogP contribution in [0.2, 0.25) is 0 Å². The largest absolute Gasteiger partial charge is 0.457 e. The fourth-order valence-corrected chi connectivity index (χ4v) is 5.75. The van der Waals surface area contributed by atoms with Crippen molar-refractivity contribution in [2.75, 3.05) is 32.7 Å². The van der Waals surface area contributed by atoms with E-state index < -0.39 is 42.0 Å². The Morgan fingerprint density at radius 1 is 1.03 bits per heavy atom. The molecule has 2 N–H and O–H groups in total. The molecular weight excluding hydrogens is 497 g/mol. The Kier molecular flexibility index (Phi) is 7.13. The van der Waals surface area contributed by atoms with E-state index in [9.17, 15) is 22.8 Å². The lowest BCUT2D eigenvalue weighted by molar-refractivity contribution is -0.186. The number of fused-ring (bicyclic) bond motifs is 2. The van der Waals surface area contributed by atoms with Gasteiger partial charge in [0.1, 0.15) is 23.5 Å². The minimum absolute atomic E-state index is 0.196. The van der Waals surface area contributed by atoms with Crippen LogP contribution in [0.4, 0.5) is 13.2 Å². The Balaban J connectivity index is 1.41. The van der Waals surface area contributed by atoms with Gasteiger partial charge < -0.3 is 20.3 Å². The molecule has 3 atom stereocenters. The summed E-state index contributed by atoms with van der Waals surface area (Å²) in [6.45, 7) is 8.93. The number of hydrogen-bond acceptors (Lipinski definition) is 5. The second-order valence-corrected chi connectivity index (χ2v) is 10.5. The third-order valence-electron chi connectivity index (χ3n) is 7.94. The number of nitrogens with zero attached hydrogens (tertiary/aromatic N) is 2. The van der Waals surface area contributed by atoms with Gasteiger partial charge >= 0.3 is 6.18 Å². The second kappa shape index (κ2) is 10.2. The van der Waals surface area contributed by atoms with Gasteiger partial charge in [-0.2, -0.15) is 13.2 Å². The van der Waals surface area contributed by atoms with Crippen LogP contribution in [0, 0.1) is 19.8 Å². The molecule has 0 aliphatic carbocycles. The first-order valence-corrected chi connectivity index (χ1v) is 13.1. The number of likely N-dealkylation sites (N-methyl/N-ethyl adjacent to an activating group) is 1. The molecule has 7 nitrogen and oxygen atoms in total. The van der Waals surface area contributed by atoms with E-state index in [1.54, 1.807) is 4.90 Å². The molecule has 3 unspecified atom stereocenters. The summed E-state index contributed by atoms with van der Waals surface area (Å²) < 4.78 is 48.1. The summed E-state index contributed by atoms with van der Waals surface area (Å²) in [7, 11) is 0. The number of halogens is 3. The molecular formula is C28H33F3N4O3. The minimum atomic E-state index is -4.61. The summed E-state index contributed by atoms with van der Waals surface area (Å²) >= 11 is 0. The number of rotatable bonds is 4. The molecule has 0 radical (unpaired) electrons. The Morgan fingerprint density at radius 2 is 1.61 bits per heavy atom. The first kappa shape index (κ1) is 26.5. The van der Waals surface area contributed by atoms with Crippen molar-refractivity contribution in [1.29, 1.82) is 0 Å². The highest BCUT2D eigenvalue weighted by Gasteiger charge is 2.53. The normalized spacial score (nSPS) is 24.7. The summed E-state index contributed by atoms with van der Waals surface area (Å²) in [5.74, 6) is -1.53. The Morgan fingerprint density at radius 3 is 2.13 bits per heavy atom. The molecule has 0 bridgehead atoms. The number of piperidine rings is 1. The minimum Gasteiger partial charge on any atom is -0.457 e. The van der Waals surface area contributed by atoms with Gasteiger partial charge in [0.05, 0.1) is 6.04 Å². The average molecular weight is 531 g/mol. The van der Waals surface area contributed by atoms with Crippen LogP contribution in [0.5, 0.6) is 11.5 Å². The summed E-state index contributed by atoms with van der Waals surface area (Å²) in [5.41, 5.74) is 3.44. The molecule has 5 rings (SSSR count). The van der Waals surface area contributed by atoms with Crippen LogP contribution in [0.25, 0.3) is 0 Å². The van der Waals surface area contributed by atoms with Gasteiger partial charge in [0.15, 0.2) is 0 Å². The van der Waals surface area contributed by atoms with Crippen LogP contribution in [0.3, 0.4) is 0 Å². The SMILES string of the molecule is CCN1CCN(C2CC(C(=O)NC3c4ccc(C)cc4Oc4cc(C)ccc43)C(=O)NC2C(F)(F)F)CC1. The molecule has 3 aliphatic rings. The van der Waals surface area contributed by atoms with Crippen molar-refractivity contribution in [3.63, 3.8) is 0 Å². The van der Waals surface area contributed by atoms with Crippen molar-refractivity contribution >= 4 is 11.8 Å². The molecule has 3 aliphatic heterocycles. The number of ether oxygens (including phenoxy) is 1. The van der Waals surface area contributed by atoms with Gasteiger partial charge in [-0.3, -0.25) is 14.5 Å². The van der Waals surface area contributed by atoms with E-state index in [-0.39, 0.29) is 6.42 Å². The number of carbonyl (C=O) groups excluding carboxylic acids is 2. The van der Waals surface area contributed by atoms with Gasteiger partial charge in [0, 0.05) is 43.3 Å². The standard InChI is InChI=1S/C28H33F3N4O3/c1-4-34-9-11-35(12-10-34)21-15-20(27(37)33-25(21)28(29,30)31)26(36)32-24-18-7-5-16(2)13-22(18)38-23-14-17(3)6-8-19(23)24/h5-8,13-14,20-21,24-25H,4,9-12,15H2,1-3H3,(H,32,36)(H,33,37). The number of benzene rings is 2. The van der Waals surface area contributed by atoms with Gasteiger partial charge in [0.2, 0.25) is 11.8 Å². The quantitative estimate of drug-likeness (QED) is 0.590. The molecule has 0 saturated carbocycles. The van der Waals surface area contributed by atoms with Crippen molar-refractivity contribution in [3.8, 4) is 11.5 Å². The van der Waals surface area contributed by atoms with Gasteiger partial charge in [0.25, 0.3) is 0 Å². The molecule has 2 aromatic rings. The van der Waals surface area contributed by atoms with E-state index in [0.29, 0.717) is 37.7 Å². The van der Waals surface area contributed by atoms with Gasteiger partial charge in [-0.1, -0.05) is 31.2 Å². The van der Waals surface area contributed by atoms with Gasteiger partial charge in [-0.15, -0.1) is 0 Å². The molecule has 3 heterocycles. The highest BCUT2D eigenvalue weighted by molar-refractivity contribution is 6.01. The van der Waals surface area contributed by atoms with Crippen LogP contribution in [0.15, 0.2) is 36.4 Å². The zero-order chi connectivity index (χ0) is 27.2. The second-order valence-electron chi connectivity index (χ2n) is 10.5. The molecule has 0 spiro atoms. The summed E-state index contributed by atoms with van der Waals surface area (Å²) in [5, 5.41) is 5.12. The van der Waals surface area contributed by atoms with Crippen molar-refractivity contribution in [3.05, 3.63) is 58.7 Å². The zero-order valence-electron chi connectivity index (χ0n) is 21.8. The lowest BCUT2D eigenvalue weighted by atomic mass is 9.86. The summed E-state index contributed by atoms with van der Waals surface area (Å²) in [4.78, 5) is 30.5. The highest BCUT2D eigenvalue weighted by Crippen LogP contribution is 2.44.